The van der Waals surface area contributed by atoms with E-state index in [2.05, 4.69) is 271 Å². The van der Waals surface area contributed by atoms with Crippen molar-refractivity contribution in [2.24, 2.45) is 0 Å². The molecule has 4 heteroatoms. The third kappa shape index (κ3) is 6.29. The standard InChI is InChI=1S/C69H57BN2S/c1-41(2)46-26-33-51(45-16-10-9-11-17-45)55(38-46)47-27-35-59-60(39-47)71(49-29-22-42(3)23-30-49)61-36-44(5)37-62-64(61)70(59)67-65(72(62)50-31-24-43(4)25-32-50)63-54-34-28-48(68(6,7)8)40-58(54)69(66(63)73-67)56-20-14-12-18-52(56)53-19-13-15-21-57(53)69/h9-41H,1-8H3. The van der Waals surface area contributed by atoms with Crippen molar-refractivity contribution in [1.82, 2.24) is 0 Å². The van der Waals surface area contributed by atoms with Gasteiger partial charge in [0.15, 0.2) is 0 Å². The lowest BCUT2D eigenvalue weighted by Crippen LogP contribution is -2.60. The fraction of sp³-hybridized carbons (Fsp3) is 0.159. The van der Waals surface area contributed by atoms with Crippen molar-refractivity contribution < 1.29 is 0 Å². The van der Waals surface area contributed by atoms with Crippen LogP contribution >= 0.6 is 11.3 Å². The maximum Gasteiger partial charge on any atom is 0.264 e. The summed E-state index contributed by atoms with van der Waals surface area (Å²) in [5.74, 6) is 0.392. The number of benzene rings is 9. The molecule has 73 heavy (non-hydrogen) atoms. The lowest BCUT2D eigenvalue weighted by molar-refractivity contribution is 0.588. The molecule has 2 aliphatic heterocycles. The molecule has 1 spiro atoms. The quantitative estimate of drug-likeness (QED) is 0.159. The molecule has 2 aliphatic carbocycles. The first-order valence-corrected chi connectivity index (χ1v) is 27.0. The van der Waals surface area contributed by atoms with E-state index in [1.807, 2.05) is 0 Å². The first-order valence-electron chi connectivity index (χ1n) is 26.1. The highest BCUT2D eigenvalue weighted by atomic mass is 32.1. The number of aryl methyl sites for hydroxylation is 3. The smallest absolute Gasteiger partial charge is 0.264 e. The molecule has 2 nitrogen and oxygen atoms in total. The molecule has 9 aromatic carbocycles. The van der Waals surface area contributed by atoms with E-state index in [1.165, 1.54) is 138 Å². The summed E-state index contributed by atoms with van der Waals surface area (Å²) in [4.78, 5) is 6.68. The lowest BCUT2D eigenvalue weighted by atomic mass is 9.36. The summed E-state index contributed by atoms with van der Waals surface area (Å²) in [5.41, 5.74) is 30.5. The van der Waals surface area contributed by atoms with Gasteiger partial charge >= 0.3 is 0 Å². The molecule has 0 atom stereocenters. The van der Waals surface area contributed by atoms with Gasteiger partial charge in [0.2, 0.25) is 0 Å². The number of hydrogen-bond donors (Lipinski definition) is 0. The second kappa shape index (κ2) is 15.9. The minimum Gasteiger partial charge on any atom is -0.311 e. The van der Waals surface area contributed by atoms with Gasteiger partial charge in [-0.2, -0.15) is 0 Å². The molecule has 0 saturated carbocycles. The van der Waals surface area contributed by atoms with Crippen LogP contribution in [0.1, 0.15) is 89.9 Å². The van der Waals surface area contributed by atoms with Crippen molar-refractivity contribution >= 4 is 67.9 Å². The summed E-state index contributed by atoms with van der Waals surface area (Å²) in [6, 6.07) is 75.0. The van der Waals surface area contributed by atoms with E-state index in [0.29, 0.717) is 5.92 Å². The van der Waals surface area contributed by atoms with E-state index in [9.17, 15) is 0 Å². The van der Waals surface area contributed by atoms with Gasteiger partial charge in [-0.3, -0.25) is 0 Å². The molecule has 0 bridgehead atoms. The molecule has 0 radical (unpaired) electrons. The van der Waals surface area contributed by atoms with E-state index in [1.54, 1.807) is 0 Å². The average Bonchev–Trinajstić information content (AvgIpc) is 4.05. The van der Waals surface area contributed by atoms with Crippen molar-refractivity contribution in [2.75, 3.05) is 9.80 Å². The Morgan fingerprint density at radius 1 is 0.479 bits per heavy atom. The number of fused-ring (bicyclic) bond motifs is 15. The predicted octanol–water partition coefficient (Wildman–Crippen LogP) is 16.9. The monoisotopic (exact) mass is 956 g/mol. The summed E-state index contributed by atoms with van der Waals surface area (Å²) >= 11 is 2.07. The van der Waals surface area contributed by atoms with Crippen molar-refractivity contribution in [3.63, 3.8) is 0 Å². The van der Waals surface area contributed by atoms with Gasteiger partial charge in [0, 0.05) is 43.7 Å². The Balaban J connectivity index is 1.11. The van der Waals surface area contributed by atoms with Gasteiger partial charge in [0.25, 0.3) is 6.71 Å². The van der Waals surface area contributed by atoms with Gasteiger partial charge in [-0.05, 0) is 158 Å². The molecule has 3 heterocycles. The van der Waals surface area contributed by atoms with Crippen LogP contribution in [0.3, 0.4) is 0 Å². The van der Waals surface area contributed by atoms with E-state index in [-0.39, 0.29) is 12.1 Å². The topological polar surface area (TPSA) is 6.48 Å². The molecular weight excluding hydrogens is 900 g/mol. The zero-order valence-electron chi connectivity index (χ0n) is 42.9. The highest BCUT2D eigenvalue weighted by Crippen LogP contribution is 2.67. The van der Waals surface area contributed by atoms with E-state index in [0.717, 1.165) is 5.69 Å². The zero-order valence-corrected chi connectivity index (χ0v) is 43.7. The largest absolute Gasteiger partial charge is 0.311 e. The molecule has 10 aromatic rings. The van der Waals surface area contributed by atoms with Crippen LogP contribution in [-0.2, 0) is 10.8 Å². The lowest BCUT2D eigenvalue weighted by Gasteiger charge is -2.44. The van der Waals surface area contributed by atoms with Gasteiger partial charge in [0.1, 0.15) is 0 Å². The molecule has 0 amide bonds. The highest BCUT2D eigenvalue weighted by molar-refractivity contribution is 7.30. The maximum atomic E-state index is 2.66. The van der Waals surface area contributed by atoms with Crippen molar-refractivity contribution in [3.05, 3.63) is 244 Å². The third-order valence-electron chi connectivity index (χ3n) is 16.6. The molecule has 352 valence electrons. The summed E-state index contributed by atoms with van der Waals surface area (Å²) in [6.45, 7) is 18.3. The Morgan fingerprint density at radius 3 is 1.73 bits per heavy atom. The summed E-state index contributed by atoms with van der Waals surface area (Å²) in [6.07, 6.45) is 0. The van der Waals surface area contributed by atoms with Gasteiger partial charge < -0.3 is 9.80 Å². The minimum absolute atomic E-state index is 0.0273. The first kappa shape index (κ1) is 44.1. The van der Waals surface area contributed by atoms with Crippen LogP contribution in [0, 0.1) is 20.8 Å². The number of thiophene rings is 1. The summed E-state index contributed by atoms with van der Waals surface area (Å²) in [7, 11) is 0. The second-order valence-corrected chi connectivity index (χ2v) is 23.5. The first-order chi connectivity index (χ1) is 35.4. The normalized spacial score (nSPS) is 14.2. The van der Waals surface area contributed by atoms with E-state index >= 15 is 0 Å². The fourth-order valence-corrected chi connectivity index (χ4v) is 14.7. The van der Waals surface area contributed by atoms with Crippen LogP contribution in [-0.4, -0.2) is 6.71 Å². The van der Waals surface area contributed by atoms with Crippen molar-refractivity contribution in [1.29, 1.82) is 0 Å². The molecule has 14 rings (SSSR count). The van der Waals surface area contributed by atoms with Gasteiger partial charge in [-0.1, -0.05) is 197 Å². The minimum atomic E-state index is -0.491. The Hall–Kier alpha value is -7.66. The Labute approximate surface area is 435 Å². The van der Waals surface area contributed by atoms with E-state index in [4.69, 9.17) is 0 Å². The predicted molar refractivity (Wildman–Crippen MR) is 313 cm³/mol. The molecule has 0 saturated heterocycles. The Kier molecular flexibility index (Phi) is 9.61. The maximum absolute atomic E-state index is 2.66. The number of rotatable bonds is 5. The SMILES string of the molecule is Cc1ccc(N2c3cc(-c4cc(C(C)C)ccc4-c4ccccc4)ccc3B3c4sc5c(c4N(c4ccc(C)cc4)c4cc(C)cc2c43)-c2ccc(C(C)(C)C)cc2C52c3ccccc3-c3ccccc32)cc1. The van der Waals surface area contributed by atoms with Gasteiger partial charge in [-0.25, -0.2) is 0 Å². The highest BCUT2D eigenvalue weighted by Gasteiger charge is 2.57. The molecule has 4 aliphatic rings. The fourth-order valence-electron chi connectivity index (χ4n) is 13.0. The second-order valence-electron chi connectivity index (χ2n) is 22.5. The summed E-state index contributed by atoms with van der Waals surface area (Å²) < 4.78 is 1.40. The third-order valence-corrected chi connectivity index (χ3v) is 17.9. The van der Waals surface area contributed by atoms with Crippen LogP contribution in [0.4, 0.5) is 34.1 Å². The molecule has 1 aromatic heterocycles. The Morgan fingerprint density at radius 2 is 1.08 bits per heavy atom. The van der Waals surface area contributed by atoms with Crippen LogP contribution in [0.15, 0.2) is 194 Å². The number of hydrogen-bond acceptors (Lipinski definition) is 3. The van der Waals surface area contributed by atoms with Crippen molar-refractivity contribution in [2.45, 2.75) is 72.1 Å². The molecule has 0 unspecified atom stereocenters. The summed E-state index contributed by atoms with van der Waals surface area (Å²) in [5, 5.41) is 0. The molecular formula is C69H57BN2S. The zero-order chi connectivity index (χ0) is 49.7. The van der Waals surface area contributed by atoms with Crippen molar-refractivity contribution in [3.8, 4) is 44.5 Å². The van der Waals surface area contributed by atoms with Crippen LogP contribution in [0.5, 0.6) is 0 Å². The number of anilines is 6. The number of nitrogens with zero attached hydrogens (tertiary/aromatic N) is 2. The van der Waals surface area contributed by atoms with Gasteiger partial charge in [-0.15, -0.1) is 11.3 Å². The average molecular weight is 957 g/mol. The molecule has 0 fully saturated rings. The van der Waals surface area contributed by atoms with Crippen LogP contribution < -0.4 is 25.5 Å². The Bertz CT molecular complexity index is 3860. The van der Waals surface area contributed by atoms with Gasteiger partial charge in [0.05, 0.1) is 11.1 Å². The molecule has 0 N–H and O–H groups in total. The van der Waals surface area contributed by atoms with Crippen LogP contribution in [0.2, 0.25) is 0 Å². The van der Waals surface area contributed by atoms with Crippen LogP contribution in [0.25, 0.3) is 44.5 Å². The van der Waals surface area contributed by atoms with E-state index < -0.39 is 5.41 Å².